The normalized spacial score (nSPS) is 15.4. The van der Waals surface area contributed by atoms with Gasteiger partial charge in [0, 0.05) is 23.8 Å². The van der Waals surface area contributed by atoms with E-state index in [1.807, 2.05) is 24.3 Å². The molecule has 0 bridgehead atoms. The molecule has 1 fully saturated rings. The second-order valence-corrected chi connectivity index (χ2v) is 5.35. The number of amides is 1. The summed E-state index contributed by atoms with van der Waals surface area (Å²) < 4.78 is 0. The van der Waals surface area contributed by atoms with E-state index < -0.39 is 0 Å². The Morgan fingerprint density at radius 2 is 1.79 bits per heavy atom. The highest BCUT2D eigenvalue weighted by molar-refractivity contribution is 5.90. The number of carbonyl (C=O) groups excluding carboxylic acids is 1. The highest BCUT2D eigenvalue weighted by Crippen LogP contribution is 2.23. The van der Waals surface area contributed by atoms with Crippen LogP contribution in [0.3, 0.4) is 0 Å². The fourth-order valence-electron chi connectivity index (χ4n) is 2.52. The van der Waals surface area contributed by atoms with Crippen LogP contribution in [0.25, 0.3) is 0 Å². The summed E-state index contributed by atoms with van der Waals surface area (Å²) in [5.74, 6) is 0.110. The number of hydrogen-bond acceptors (Lipinski definition) is 2. The maximum absolute atomic E-state index is 11.6. The molecule has 0 radical (unpaired) electrons. The number of hydrogen-bond donors (Lipinski definition) is 2. The fraction of sp³-hybridized carbons (Fsp3) is 0.562. The zero-order valence-electron chi connectivity index (χ0n) is 11.7. The van der Waals surface area contributed by atoms with Crippen molar-refractivity contribution >= 4 is 17.3 Å². The summed E-state index contributed by atoms with van der Waals surface area (Å²) in [5.41, 5.74) is 2.04. The highest BCUT2D eigenvalue weighted by atomic mass is 16.1. The molecule has 1 aliphatic rings. The molecule has 1 amide bonds. The van der Waals surface area contributed by atoms with Gasteiger partial charge in [-0.15, -0.1) is 0 Å². The lowest BCUT2D eigenvalue weighted by atomic mass is 10.2. The molecule has 19 heavy (non-hydrogen) atoms. The van der Waals surface area contributed by atoms with E-state index >= 15 is 0 Å². The summed E-state index contributed by atoms with van der Waals surface area (Å²) in [6.07, 6.45) is 7.83. The van der Waals surface area contributed by atoms with Crippen LogP contribution < -0.4 is 10.6 Å². The molecule has 1 aliphatic carbocycles. The molecule has 0 unspecified atom stereocenters. The van der Waals surface area contributed by atoms with Gasteiger partial charge in [-0.05, 0) is 43.5 Å². The largest absolute Gasteiger partial charge is 0.382 e. The zero-order valence-corrected chi connectivity index (χ0v) is 11.7. The minimum absolute atomic E-state index is 0.110. The molecule has 3 heteroatoms. The average Bonchev–Trinajstić information content (AvgIpc) is 2.91. The fourth-order valence-corrected chi connectivity index (χ4v) is 2.52. The SMILES string of the molecule is CCCCC(=O)Nc1ccc(NC2CCCC2)cc1. The van der Waals surface area contributed by atoms with E-state index in [-0.39, 0.29) is 5.91 Å². The van der Waals surface area contributed by atoms with E-state index in [9.17, 15) is 4.79 Å². The number of unbranched alkanes of at least 4 members (excludes halogenated alkanes) is 1. The minimum Gasteiger partial charge on any atom is -0.382 e. The smallest absolute Gasteiger partial charge is 0.224 e. The van der Waals surface area contributed by atoms with Crippen LogP contribution in [0.5, 0.6) is 0 Å². The lowest BCUT2D eigenvalue weighted by molar-refractivity contribution is -0.116. The van der Waals surface area contributed by atoms with Gasteiger partial charge in [0.15, 0.2) is 0 Å². The van der Waals surface area contributed by atoms with Crippen molar-refractivity contribution in [3.8, 4) is 0 Å². The predicted octanol–water partition coefficient (Wildman–Crippen LogP) is 4.17. The van der Waals surface area contributed by atoms with Gasteiger partial charge in [0.2, 0.25) is 5.91 Å². The first-order valence-corrected chi connectivity index (χ1v) is 7.44. The van der Waals surface area contributed by atoms with Crippen molar-refractivity contribution in [2.45, 2.75) is 57.9 Å². The van der Waals surface area contributed by atoms with E-state index in [1.54, 1.807) is 0 Å². The molecule has 0 aromatic heterocycles. The van der Waals surface area contributed by atoms with Gasteiger partial charge < -0.3 is 10.6 Å². The second-order valence-electron chi connectivity index (χ2n) is 5.35. The molecule has 0 aliphatic heterocycles. The topological polar surface area (TPSA) is 41.1 Å². The lowest BCUT2D eigenvalue weighted by Gasteiger charge is -2.14. The van der Waals surface area contributed by atoms with E-state index in [4.69, 9.17) is 0 Å². The van der Waals surface area contributed by atoms with Gasteiger partial charge in [0.25, 0.3) is 0 Å². The van der Waals surface area contributed by atoms with Gasteiger partial charge in [-0.1, -0.05) is 26.2 Å². The molecule has 2 rings (SSSR count). The molecule has 2 N–H and O–H groups in total. The molecule has 0 spiro atoms. The number of nitrogens with one attached hydrogen (secondary N) is 2. The Hall–Kier alpha value is -1.51. The van der Waals surface area contributed by atoms with Crippen molar-refractivity contribution in [2.75, 3.05) is 10.6 Å². The maximum Gasteiger partial charge on any atom is 0.224 e. The van der Waals surface area contributed by atoms with E-state index in [2.05, 4.69) is 17.6 Å². The Bertz CT molecular complexity index is 394. The molecule has 0 atom stereocenters. The lowest BCUT2D eigenvalue weighted by Crippen LogP contribution is -2.14. The molecular formula is C16H24N2O. The van der Waals surface area contributed by atoms with E-state index in [0.717, 1.165) is 24.2 Å². The molecule has 0 heterocycles. The van der Waals surface area contributed by atoms with Crippen molar-refractivity contribution in [1.29, 1.82) is 0 Å². The first kappa shape index (κ1) is 13.9. The quantitative estimate of drug-likeness (QED) is 0.806. The third kappa shape index (κ3) is 4.58. The van der Waals surface area contributed by atoms with Gasteiger partial charge in [-0.2, -0.15) is 0 Å². The first-order chi connectivity index (χ1) is 9.28. The molecule has 104 valence electrons. The first-order valence-electron chi connectivity index (χ1n) is 7.44. The average molecular weight is 260 g/mol. The summed E-state index contributed by atoms with van der Waals surface area (Å²) in [6, 6.07) is 8.68. The van der Waals surface area contributed by atoms with Crippen LogP contribution in [0.2, 0.25) is 0 Å². The van der Waals surface area contributed by atoms with Crippen molar-refractivity contribution in [1.82, 2.24) is 0 Å². The second kappa shape index (κ2) is 7.17. The summed E-state index contributed by atoms with van der Waals surface area (Å²) >= 11 is 0. The van der Waals surface area contributed by atoms with Crippen LogP contribution in [0.4, 0.5) is 11.4 Å². The number of anilines is 2. The standard InChI is InChI=1S/C16H24N2O/c1-2-3-8-16(19)18-15-11-9-14(10-12-15)17-13-6-4-5-7-13/h9-13,17H,2-8H2,1H3,(H,18,19). The maximum atomic E-state index is 11.6. The summed E-state index contributed by atoms with van der Waals surface area (Å²) in [5, 5.41) is 6.47. The van der Waals surface area contributed by atoms with Crippen molar-refractivity contribution in [3.05, 3.63) is 24.3 Å². The van der Waals surface area contributed by atoms with Crippen molar-refractivity contribution in [3.63, 3.8) is 0 Å². The molecule has 3 nitrogen and oxygen atoms in total. The zero-order chi connectivity index (χ0) is 13.5. The predicted molar refractivity (Wildman–Crippen MR) is 80.5 cm³/mol. The van der Waals surface area contributed by atoms with Gasteiger partial charge in [0.05, 0.1) is 0 Å². The minimum atomic E-state index is 0.110. The van der Waals surface area contributed by atoms with Crippen LogP contribution in [0.15, 0.2) is 24.3 Å². The Labute approximate surface area is 115 Å². The molecule has 1 saturated carbocycles. The summed E-state index contributed by atoms with van der Waals surface area (Å²) in [7, 11) is 0. The van der Waals surface area contributed by atoms with Crippen LogP contribution in [0.1, 0.15) is 51.9 Å². The monoisotopic (exact) mass is 260 g/mol. The van der Waals surface area contributed by atoms with Gasteiger partial charge in [-0.3, -0.25) is 4.79 Å². The Kier molecular flexibility index (Phi) is 5.25. The van der Waals surface area contributed by atoms with Crippen LogP contribution in [-0.2, 0) is 4.79 Å². The number of benzene rings is 1. The van der Waals surface area contributed by atoms with Crippen LogP contribution in [0, 0.1) is 0 Å². The van der Waals surface area contributed by atoms with Gasteiger partial charge in [0.1, 0.15) is 0 Å². The molecule has 1 aromatic rings. The van der Waals surface area contributed by atoms with Crippen molar-refractivity contribution < 1.29 is 4.79 Å². The van der Waals surface area contributed by atoms with E-state index in [0.29, 0.717) is 12.5 Å². The number of rotatable bonds is 6. The third-order valence-corrected chi connectivity index (χ3v) is 3.65. The van der Waals surface area contributed by atoms with Crippen LogP contribution in [-0.4, -0.2) is 11.9 Å². The Morgan fingerprint density at radius 1 is 1.16 bits per heavy atom. The highest BCUT2D eigenvalue weighted by Gasteiger charge is 2.14. The Morgan fingerprint density at radius 3 is 2.42 bits per heavy atom. The molecule has 1 aromatic carbocycles. The summed E-state index contributed by atoms with van der Waals surface area (Å²) in [4.78, 5) is 11.6. The number of carbonyl (C=O) groups is 1. The van der Waals surface area contributed by atoms with E-state index in [1.165, 1.54) is 25.7 Å². The van der Waals surface area contributed by atoms with Gasteiger partial charge >= 0.3 is 0 Å². The molecule has 0 saturated heterocycles. The Balaban J connectivity index is 1.82. The van der Waals surface area contributed by atoms with Gasteiger partial charge in [-0.25, -0.2) is 0 Å². The van der Waals surface area contributed by atoms with Crippen molar-refractivity contribution in [2.24, 2.45) is 0 Å². The van der Waals surface area contributed by atoms with Crippen LogP contribution >= 0.6 is 0 Å². The summed E-state index contributed by atoms with van der Waals surface area (Å²) in [6.45, 7) is 2.09. The third-order valence-electron chi connectivity index (χ3n) is 3.65. The molecular weight excluding hydrogens is 236 g/mol.